The number of nitrogens with one attached hydrogen (secondary N) is 2. The molecule has 0 saturated carbocycles. The number of carbonyl (C=O) groups is 1. The lowest BCUT2D eigenvalue weighted by Gasteiger charge is -2.11. The molecule has 0 aliphatic heterocycles. The molecule has 1 aromatic heterocycles. The van der Waals surface area contributed by atoms with E-state index in [-0.39, 0.29) is 23.4 Å². The third kappa shape index (κ3) is 6.27. The minimum Gasteiger partial charge on any atom is -0.484 e. The Morgan fingerprint density at radius 2 is 1.66 bits per heavy atom. The highest BCUT2D eigenvalue weighted by molar-refractivity contribution is 7.92. The van der Waals surface area contributed by atoms with Gasteiger partial charge in [0, 0.05) is 17.1 Å². The topological polar surface area (TPSA) is 110 Å². The van der Waals surface area contributed by atoms with Crippen LogP contribution in [0.15, 0.2) is 59.5 Å². The van der Waals surface area contributed by atoms with Crippen LogP contribution in [0.1, 0.15) is 36.7 Å². The lowest BCUT2D eigenvalue weighted by atomic mass is 10.0. The number of aromatic nitrogens is 2. The number of carbonyl (C=O) groups excluding carboxylic acids is 1. The molecule has 0 aliphatic carbocycles. The van der Waals surface area contributed by atoms with Gasteiger partial charge in [-0.15, -0.1) is 0 Å². The van der Waals surface area contributed by atoms with E-state index in [0.29, 0.717) is 28.7 Å². The average Bonchev–Trinajstić information content (AvgIpc) is 2.72. The fourth-order valence-electron chi connectivity index (χ4n) is 2.98. The Hall–Kier alpha value is -3.46. The van der Waals surface area contributed by atoms with E-state index in [1.165, 1.54) is 24.3 Å². The molecule has 2 aromatic carbocycles. The molecule has 3 aromatic rings. The monoisotopic (exact) mass is 454 g/mol. The number of hydrogen-bond donors (Lipinski definition) is 2. The van der Waals surface area contributed by atoms with Crippen molar-refractivity contribution in [2.24, 2.45) is 0 Å². The van der Waals surface area contributed by atoms with Gasteiger partial charge in [-0.3, -0.25) is 4.79 Å². The van der Waals surface area contributed by atoms with Crippen LogP contribution in [0.2, 0.25) is 0 Å². The van der Waals surface area contributed by atoms with Crippen LogP contribution in [0.3, 0.4) is 0 Å². The van der Waals surface area contributed by atoms with Crippen LogP contribution < -0.4 is 14.8 Å². The van der Waals surface area contributed by atoms with E-state index in [0.717, 1.165) is 5.56 Å². The Bertz CT molecular complexity index is 1190. The van der Waals surface area contributed by atoms with Gasteiger partial charge in [0.1, 0.15) is 5.75 Å². The molecule has 0 unspecified atom stereocenters. The van der Waals surface area contributed by atoms with Crippen molar-refractivity contribution in [1.29, 1.82) is 0 Å². The van der Waals surface area contributed by atoms with Gasteiger partial charge in [0.05, 0.1) is 4.90 Å². The van der Waals surface area contributed by atoms with Crippen LogP contribution in [-0.4, -0.2) is 30.9 Å². The Morgan fingerprint density at radius 1 is 1.00 bits per heavy atom. The van der Waals surface area contributed by atoms with E-state index < -0.39 is 10.0 Å². The van der Waals surface area contributed by atoms with Gasteiger partial charge in [-0.1, -0.05) is 26.0 Å². The van der Waals surface area contributed by atoms with Crippen molar-refractivity contribution >= 4 is 27.6 Å². The SMILES string of the molecule is Cc1cc(C)nc(NS(=O)(=O)c2ccc(NC(=O)COc3cccc(C(C)C)c3)cc2)n1. The van der Waals surface area contributed by atoms with Gasteiger partial charge in [0.2, 0.25) is 5.95 Å². The third-order valence-electron chi connectivity index (χ3n) is 4.55. The number of rotatable bonds is 8. The largest absolute Gasteiger partial charge is 0.484 e. The van der Waals surface area contributed by atoms with Crippen LogP contribution in [0, 0.1) is 13.8 Å². The van der Waals surface area contributed by atoms with Crippen LogP contribution in [0.5, 0.6) is 5.75 Å². The Kier molecular flexibility index (Phi) is 7.09. The summed E-state index contributed by atoms with van der Waals surface area (Å²) in [5.74, 6) is 0.640. The molecule has 1 amide bonds. The quantitative estimate of drug-likeness (QED) is 0.532. The van der Waals surface area contributed by atoms with Gasteiger partial charge in [0.15, 0.2) is 6.61 Å². The molecule has 0 radical (unpaired) electrons. The molecule has 0 saturated heterocycles. The van der Waals surface area contributed by atoms with E-state index in [1.54, 1.807) is 26.0 Å². The Labute approximate surface area is 188 Å². The van der Waals surface area contributed by atoms with Crippen molar-refractivity contribution in [2.45, 2.75) is 38.5 Å². The molecule has 32 heavy (non-hydrogen) atoms. The summed E-state index contributed by atoms with van der Waals surface area (Å²) < 4.78 is 33.1. The first kappa shape index (κ1) is 23.2. The molecule has 2 N–H and O–H groups in total. The summed E-state index contributed by atoms with van der Waals surface area (Å²) in [5, 5.41) is 2.69. The molecular weight excluding hydrogens is 428 g/mol. The van der Waals surface area contributed by atoms with Crippen LogP contribution in [0.4, 0.5) is 11.6 Å². The molecule has 168 valence electrons. The maximum Gasteiger partial charge on any atom is 0.264 e. The summed E-state index contributed by atoms with van der Waals surface area (Å²) in [6, 6.07) is 15.2. The first-order valence-corrected chi connectivity index (χ1v) is 11.6. The van der Waals surface area contributed by atoms with Crippen LogP contribution >= 0.6 is 0 Å². The van der Waals surface area contributed by atoms with Gasteiger partial charge >= 0.3 is 0 Å². The van der Waals surface area contributed by atoms with Gasteiger partial charge < -0.3 is 10.1 Å². The van der Waals surface area contributed by atoms with Crippen molar-refractivity contribution < 1.29 is 17.9 Å². The number of benzene rings is 2. The molecule has 9 heteroatoms. The Morgan fingerprint density at radius 3 is 2.28 bits per heavy atom. The summed E-state index contributed by atoms with van der Waals surface area (Å²) in [5.41, 5.74) is 2.90. The van der Waals surface area contributed by atoms with E-state index in [9.17, 15) is 13.2 Å². The van der Waals surface area contributed by atoms with Crippen LogP contribution in [0.25, 0.3) is 0 Å². The van der Waals surface area contributed by atoms with E-state index in [4.69, 9.17) is 4.74 Å². The second-order valence-corrected chi connectivity index (χ2v) is 9.35. The molecule has 3 rings (SSSR count). The zero-order valence-corrected chi connectivity index (χ0v) is 19.2. The minimum absolute atomic E-state index is 0.0126. The first-order valence-electron chi connectivity index (χ1n) is 10.1. The van der Waals surface area contributed by atoms with E-state index >= 15 is 0 Å². The Balaban J connectivity index is 1.60. The maximum absolute atomic E-state index is 12.6. The van der Waals surface area contributed by atoms with Crippen LogP contribution in [-0.2, 0) is 14.8 Å². The smallest absolute Gasteiger partial charge is 0.264 e. The molecule has 1 heterocycles. The highest BCUT2D eigenvalue weighted by Crippen LogP contribution is 2.20. The molecule has 0 atom stereocenters. The maximum atomic E-state index is 12.6. The van der Waals surface area contributed by atoms with Crippen molar-refractivity contribution in [3.8, 4) is 5.75 Å². The molecule has 0 fully saturated rings. The lowest BCUT2D eigenvalue weighted by Crippen LogP contribution is -2.20. The highest BCUT2D eigenvalue weighted by atomic mass is 32.2. The highest BCUT2D eigenvalue weighted by Gasteiger charge is 2.16. The lowest BCUT2D eigenvalue weighted by molar-refractivity contribution is -0.118. The first-order chi connectivity index (χ1) is 15.1. The molecular formula is C23H26N4O4S. The number of aryl methyl sites for hydroxylation is 2. The molecule has 8 nitrogen and oxygen atoms in total. The molecule has 0 spiro atoms. The molecule has 0 bridgehead atoms. The summed E-state index contributed by atoms with van der Waals surface area (Å²) in [6.45, 7) is 7.52. The minimum atomic E-state index is -3.86. The number of hydrogen-bond acceptors (Lipinski definition) is 6. The van der Waals surface area contributed by atoms with Crippen molar-refractivity contribution in [2.75, 3.05) is 16.6 Å². The van der Waals surface area contributed by atoms with Gasteiger partial charge in [-0.25, -0.2) is 23.1 Å². The van der Waals surface area contributed by atoms with Crippen molar-refractivity contribution in [3.05, 3.63) is 71.5 Å². The predicted octanol–water partition coefficient (Wildman–Crippen LogP) is 4.04. The zero-order valence-electron chi connectivity index (χ0n) is 18.4. The van der Waals surface area contributed by atoms with Gasteiger partial charge in [0.25, 0.3) is 15.9 Å². The normalized spacial score (nSPS) is 11.3. The number of anilines is 2. The number of sulfonamides is 1. The summed E-state index contributed by atoms with van der Waals surface area (Å²) in [6.07, 6.45) is 0. The second kappa shape index (κ2) is 9.78. The average molecular weight is 455 g/mol. The van der Waals surface area contributed by atoms with Gasteiger partial charge in [-0.05, 0) is 67.8 Å². The fraction of sp³-hybridized carbons (Fsp3) is 0.261. The third-order valence-corrected chi connectivity index (χ3v) is 5.90. The fourth-order valence-corrected chi connectivity index (χ4v) is 3.92. The molecule has 0 aliphatic rings. The van der Waals surface area contributed by atoms with E-state index in [1.807, 2.05) is 18.2 Å². The van der Waals surface area contributed by atoms with Gasteiger partial charge in [-0.2, -0.15) is 0 Å². The summed E-state index contributed by atoms with van der Waals surface area (Å²) in [7, 11) is -3.86. The predicted molar refractivity (Wildman–Crippen MR) is 123 cm³/mol. The standard InChI is InChI=1S/C23H26N4O4S/c1-15(2)18-6-5-7-20(13-18)31-14-22(28)26-19-8-10-21(11-9-19)32(29,30)27-23-24-16(3)12-17(4)25-23/h5-13,15H,14H2,1-4H3,(H,26,28)(H,24,25,27). The number of amides is 1. The van der Waals surface area contributed by atoms with E-state index in [2.05, 4.69) is 33.9 Å². The van der Waals surface area contributed by atoms with Crippen molar-refractivity contribution in [1.82, 2.24) is 9.97 Å². The summed E-state index contributed by atoms with van der Waals surface area (Å²) >= 11 is 0. The number of ether oxygens (including phenoxy) is 1. The summed E-state index contributed by atoms with van der Waals surface area (Å²) in [4.78, 5) is 20.4. The number of nitrogens with zero attached hydrogens (tertiary/aromatic N) is 2. The second-order valence-electron chi connectivity index (χ2n) is 7.67. The zero-order chi connectivity index (χ0) is 23.3. The van der Waals surface area contributed by atoms with Crippen molar-refractivity contribution in [3.63, 3.8) is 0 Å².